The molecule has 3 aromatic carbocycles. The van der Waals surface area contributed by atoms with Crippen molar-refractivity contribution in [2.75, 3.05) is 10.6 Å². The van der Waals surface area contributed by atoms with Crippen molar-refractivity contribution in [2.45, 2.75) is 16.7 Å². The standard InChI is InChI=1S/C22H18N2O3S/c1-15(25)16-11-13-17(14-12-16)23-21(26)22(27)24-19-9-5-6-10-20(19)28-18-7-3-2-4-8-18/h2-14H,1H3,(H,23,26)(H,24,27). The molecule has 140 valence electrons. The van der Waals surface area contributed by atoms with Crippen molar-refractivity contribution >= 4 is 40.7 Å². The van der Waals surface area contributed by atoms with Gasteiger partial charge in [0.25, 0.3) is 0 Å². The van der Waals surface area contributed by atoms with Gasteiger partial charge in [0.2, 0.25) is 0 Å². The topological polar surface area (TPSA) is 75.3 Å². The van der Waals surface area contributed by atoms with E-state index in [-0.39, 0.29) is 5.78 Å². The van der Waals surface area contributed by atoms with E-state index in [2.05, 4.69) is 10.6 Å². The Bertz CT molecular complexity index is 1000. The number of hydrogen-bond donors (Lipinski definition) is 2. The fourth-order valence-electron chi connectivity index (χ4n) is 2.43. The number of amides is 2. The number of nitrogens with one attached hydrogen (secondary N) is 2. The van der Waals surface area contributed by atoms with Gasteiger partial charge in [-0.25, -0.2) is 0 Å². The van der Waals surface area contributed by atoms with Crippen LogP contribution in [-0.4, -0.2) is 17.6 Å². The third kappa shape index (κ3) is 5.08. The van der Waals surface area contributed by atoms with Crippen molar-refractivity contribution in [2.24, 2.45) is 0 Å². The summed E-state index contributed by atoms with van der Waals surface area (Å²) in [5.41, 5.74) is 1.54. The summed E-state index contributed by atoms with van der Waals surface area (Å²) >= 11 is 1.50. The third-order valence-corrected chi connectivity index (χ3v) is 4.95. The monoisotopic (exact) mass is 390 g/mol. The first-order valence-electron chi connectivity index (χ1n) is 8.58. The van der Waals surface area contributed by atoms with Crippen LogP contribution in [-0.2, 0) is 9.59 Å². The first kappa shape index (κ1) is 19.4. The molecule has 0 aliphatic rings. The van der Waals surface area contributed by atoms with Crippen LogP contribution >= 0.6 is 11.8 Å². The van der Waals surface area contributed by atoms with E-state index in [0.29, 0.717) is 16.9 Å². The molecule has 0 spiro atoms. The van der Waals surface area contributed by atoms with Crippen molar-refractivity contribution in [3.05, 3.63) is 84.4 Å². The quantitative estimate of drug-likeness (QED) is 0.492. The summed E-state index contributed by atoms with van der Waals surface area (Å²) in [6, 6.07) is 23.4. The molecule has 6 heteroatoms. The van der Waals surface area contributed by atoms with Crippen LogP contribution < -0.4 is 10.6 Å². The van der Waals surface area contributed by atoms with Crippen LogP contribution in [0.1, 0.15) is 17.3 Å². The van der Waals surface area contributed by atoms with E-state index in [9.17, 15) is 14.4 Å². The van der Waals surface area contributed by atoms with Crippen LogP contribution in [0.4, 0.5) is 11.4 Å². The van der Waals surface area contributed by atoms with Crippen LogP contribution in [0, 0.1) is 0 Å². The predicted octanol–water partition coefficient (Wildman–Crippen LogP) is 4.62. The van der Waals surface area contributed by atoms with Gasteiger partial charge in [-0.1, -0.05) is 42.1 Å². The van der Waals surface area contributed by atoms with E-state index >= 15 is 0 Å². The number of carbonyl (C=O) groups excluding carboxylic acids is 3. The van der Waals surface area contributed by atoms with Gasteiger partial charge in [0.05, 0.1) is 5.69 Å². The lowest BCUT2D eigenvalue weighted by Gasteiger charge is -2.11. The Balaban J connectivity index is 1.67. The molecule has 5 nitrogen and oxygen atoms in total. The number of para-hydroxylation sites is 1. The average molecular weight is 390 g/mol. The molecule has 0 heterocycles. The van der Waals surface area contributed by atoms with Gasteiger partial charge in [-0.15, -0.1) is 0 Å². The van der Waals surface area contributed by atoms with Gasteiger partial charge < -0.3 is 10.6 Å². The number of Topliss-reactive ketones (excluding diaryl/α,β-unsaturated/α-hetero) is 1. The van der Waals surface area contributed by atoms with E-state index in [1.807, 2.05) is 42.5 Å². The van der Waals surface area contributed by atoms with E-state index in [1.165, 1.54) is 18.7 Å². The Morgan fingerprint density at radius 2 is 1.32 bits per heavy atom. The number of carbonyl (C=O) groups is 3. The van der Waals surface area contributed by atoms with Crippen LogP contribution in [0.3, 0.4) is 0 Å². The van der Waals surface area contributed by atoms with Gasteiger partial charge in [-0.2, -0.15) is 0 Å². The summed E-state index contributed by atoms with van der Waals surface area (Å²) in [7, 11) is 0. The molecule has 0 aliphatic heterocycles. The fraction of sp³-hybridized carbons (Fsp3) is 0.0455. The molecule has 2 amide bonds. The summed E-state index contributed by atoms with van der Waals surface area (Å²) in [5, 5.41) is 5.18. The van der Waals surface area contributed by atoms with Gasteiger partial charge in [-0.05, 0) is 55.5 Å². The van der Waals surface area contributed by atoms with Gasteiger partial charge >= 0.3 is 11.8 Å². The second kappa shape index (κ2) is 9.01. The Morgan fingerprint density at radius 3 is 2.00 bits per heavy atom. The SMILES string of the molecule is CC(=O)c1ccc(NC(=O)C(=O)Nc2ccccc2Sc2ccccc2)cc1. The van der Waals surface area contributed by atoms with Crippen LogP contribution in [0.15, 0.2) is 88.7 Å². The molecule has 3 aromatic rings. The maximum absolute atomic E-state index is 12.3. The summed E-state index contributed by atoms with van der Waals surface area (Å²) in [6.45, 7) is 1.46. The highest BCUT2D eigenvalue weighted by atomic mass is 32.2. The smallest absolute Gasteiger partial charge is 0.314 e. The van der Waals surface area contributed by atoms with Gasteiger partial charge in [0.15, 0.2) is 5.78 Å². The van der Waals surface area contributed by atoms with Crippen molar-refractivity contribution in [1.82, 2.24) is 0 Å². The predicted molar refractivity (Wildman–Crippen MR) is 111 cm³/mol. The fourth-order valence-corrected chi connectivity index (χ4v) is 3.35. The third-order valence-electron chi connectivity index (χ3n) is 3.86. The minimum Gasteiger partial charge on any atom is -0.318 e. The van der Waals surface area contributed by atoms with Crippen LogP contribution in [0.2, 0.25) is 0 Å². The largest absolute Gasteiger partial charge is 0.318 e. The molecule has 0 radical (unpaired) electrons. The van der Waals surface area contributed by atoms with Crippen molar-refractivity contribution in [3.8, 4) is 0 Å². The van der Waals surface area contributed by atoms with Crippen molar-refractivity contribution in [3.63, 3.8) is 0 Å². The zero-order chi connectivity index (χ0) is 19.9. The minimum absolute atomic E-state index is 0.0665. The molecule has 0 saturated heterocycles. The molecule has 0 atom stereocenters. The highest BCUT2D eigenvalue weighted by Gasteiger charge is 2.16. The minimum atomic E-state index is -0.782. The van der Waals surface area contributed by atoms with Gasteiger partial charge in [0.1, 0.15) is 0 Å². The molecular formula is C22H18N2O3S. The summed E-state index contributed by atoms with van der Waals surface area (Å²) in [5.74, 6) is -1.62. The molecule has 28 heavy (non-hydrogen) atoms. The van der Waals surface area contributed by atoms with E-state index in [4.69, 9.17) is 0 Å². The molecule has 0 bridgehead atoms. The van der Waals surface area contributed by atoms with Crippen LogP contribution in [0.25, 0.3) is 0 Å². The van der Waals surface area contributed by atoms with E-state index in [0.717, 1.165) is 9.79 Å². The molecule has 0 aromatic heterocycles. The maximum atomic E-state index is 12.3. The number of ketones is 1. The number of rotatable bonds is 5. The van der Waals surface area contributed by atoms with Gasteiger partial charge in [-0.3, -0.25) is 14.4 Å². The lowest BCUT2D eigenvalue weighted by Crippen LogP contribution is -2.29. The lowest BCUT2D eigenvalue weighted by molar-refractivity contribution is -0.133. The highest BCUT2D eigenvalue weighted by molar-refractivity contribution is 7.99. The normalized spacial score (nSPS) is 10.2. The zero-order valence-corrected chi connectivity index (χ0v) is 16.0. The first-order chi connectivity index (χ1) is 13.5. The average Bonchev–Trinajstić information content (AvgIpc) is 2.70. The Hall–Kier alpha value is -3.38. The molecular weight excluding hydrogens is 372 g/mol. The number of benzene rings is 3. The van der Waals surface area contributed by atoms with E-state index in [1.54, 1.807) is 36.4 Å². The lowest BCUT2D eigenvalue weighted by atomic mass is 10.1. The maximum Gasteiger partial charge on any atom is 0.314 e. The van der Waals surface area contributed by atoms with Gasteiger partial charge in [0, 0.05) is 21.0 Å². The summed E-state index contributed by atoms with van der Waals surface area (Å²) < 4.78 is 0. The Labute approximate surface area is 167 Å². The molecule has 2 N–H and O–H groups in total. The number of hydrogen-bond acceptors (Lipinski definition) is 4. The summed E-state index contributed by atoms with van der Waals surface area (Å²) in [6.07, 6.45) is 0. The molecule has 0 fully saturated rings. The summed E-state index contributed by atoms with van der Waals surface area (Å²) in [4.78, 5) is 37.7. The zero-order valence-electron chi connectivity index (χ0n) is 15.1. The Kier molecular flexibility index (Phi) is 6.24. The molecule has 0 saturated carbocycles. The Morgan fingerprint density at radius 1 is 0.714 bits per heavy atom. The second-order valence-corrected chi connectivity index (χ2v) is 7.07. The van der Waals surface area contributed by atoms with E-state index < -0.39 is 11.8 Å². The van der Waals surface area contributed by atoms with Crippen molar-refractivity contribution < 1.29 is 14.4 Å². The highest BCUT2D eigenvalue weighted by Crippen LogP contribution is 2.33. The number of anilines is 2. The molecule has 3 rings (SSSR count). The van der Waals surface area contributed by atoms with Crippen molar-refractivity contribution in [1.29, 1.82) is 0 Å². The van der Waals surface area contributed by atoms with Crippen LogP contribution in [0.5, 0.6) is 0 Å². The second-order valence-electron chi connectivity index (χ2n) is 5.95. The first-order valence-corrected chi connectivity index (χ1v) is 9.40. The molecule has 0 unspecified atom stereocenters. The molecule has 0 aliphatic carbocycles.